The van der Waals surface area contributed by atoms with E-state index in [4.69, 9.17) is 0 Å². The lowest BCUT2D eigenvalue weighted by atomic mass is 10.0. The molecule has 3 nitrogen and oxygen atoms in total. The Morgan fingerprint density at radius 3 is 1.43 bits per heavy atom. The lowest BCUT2D eigenvalue weighted by Crippen LogP contribution is -1.93. The molecule has 0 aliphatic rings. The molecule has 0 heterocycles. The third kappa shape index (κ3) is 17.3. The van der Waals surface area contributed by atoms with Crippen LogP contribution >= 0.6 is 0 Å². The highest BCUT2D eigenvalue weighted by Crippen LogP contribution is 2.14. The lowest BCUT2D eigenvalue weighted by Gasteiger charge is -2.03. The highest BCUT2D eigenvalue weighted by atomic mass is 16.6. The number of hydrogen-bond donors (Lipinski definition) is 0. The van der Waals surface area contributed by atoms with Crippen LogP contribution in [0.3, 0.4) is 0 Å². The van der Waals surface area contributed by atoms with Crippen molar-refractivity contribution in [3.8, 4) is 0 Å². The van der Waals surface area contributed by atoms with E-state index < -0.39 is 0 Å². The second-order valence-electron chi connectivity index (χ2n) is 6.84. The van der Waals surface area contributed by atoms with Gasteiger partial charge in [-0.1, -0.05) is 96.8 Å². The van der Waals surface area contributed by atoms with Crippen molar-refractivity contribution in [2.75, 3.05) is 0 Å². The molecule has 0 aromatic carbocycles. The van der Waals surface area contributed by atoms with Gasteiger partial charge < -0.3 is 0 Å². The highest BCUT2D eigenvalue weighted by molar-refractivity contribution is 4.86. The summed E-state index contributed by atoms with van der Waals surface area (Å²) < 4.78 is 0. The van der Waals surface area contributed by atoms with Gasteiger partial charge in [0.15, 0.2) is 0 Å². The van der Waals surface area contributed by atoms with E-state index in [9.17, 15) is 10.1 Å². The van der Waals surface area contributed by atoms with Crippen LogP contribution in [0.25, 0.3) is 0 Å². The largest absolute Gasteiger partial charge is 0.259 e. The van der Waals surface area contributed by atoms with E-state index in [1.54, 1.807) is 13.0 Å². The molecule has 3 heteroatoms. The zero-order valence-electron chi connectivity index (χ0n) is 15.7. The zero-order valence-corrected chi connectivity index (χ0v) is 15.7. The smallest absolute Gasteiger partial charge is 0.239 e. The molecule has 136 valence electrons. The summed E-state index contributed by atoms with van der Waals surface area (Å²) in [6.07, 6.45) is 23.0. The number of nitrogens with zero attached hydrogens (tertiary/aromatic N) is 1. The summed E-state index contributed by atoms with van der Waals surface area (Å²) >= 11 is 0. The van der Waals surface area contributed by atoms with Crippen molar-refractivity contribution >= 4 is 0 Å². The van der Waals surface area contributed by atoms with Crippen LogP contribution in [-0.4, -0.2) is 4.92 Å². The minimum Gasteiger partial charge on any atom is -0.259 e. The first-order valence-electron chi connectivity index (χ1n) is 9.99. The normalized spacial score (nSPS) is 11.8. The third-order valence-corrected chi connectivity index (χ3v) is 4.54. The Hall–Kier alpha value is -0.860. The highest BCUT2D eigenvalue weighted by Gasteiger charge is 1.99. The van der Waals surface area contributed by atoms with Gasteiger partial charge >= 0.3 is 0 Å². The van der Waals surface area contributed by atoms with Gasteiger partial charge in [-0.15, -0.1) is 0 Å². The standard InChI is InChI=1S/C20H39NO2/c1-3-4-5-6-7-8-9-10-11-12-13-14-15-16-17-18-19-20(2)21(22)23/h19H,3-18H2,1-2H3/b20-19+. The number of rotatable bonds is 17. The maximum atomic E-state index is 10.4. The van der Waals surface area contributed by atoms with Crippen molar-refractivity contribution in [1.29, 1.82) is 0 Å². The summed E-state index contributed by atoms with van der Waals surface area (Å²) in [6.45, 7) is 3.85. The van der Waals surface area contributed by atoms with Gasteiger partial charge in [-0.3, -0.25) is 10.1 Å². The summed E-state index contributed by atoms with van der Waals surface area (Å²) in [5, 5.41) is 10.4. The minimum absolute atomic E-state index is 0.287. The van der Waals surface area contributed by atoms with Crippen molar-refractivity contribution in [2.24, 2.45) is 0 Å². The van der Waals surface area contributed by atoms with Gasteiger partial charge in [-0.05, 0) is 18.9 Å². The van der Waals surface area contributed by atoms with Crippen molar-refractivity contribution in [3.63, 3.8) is 0 Å². The molecule has 0 aromatic heterocycles. The first kappa shape index (κ1) is 22.1. The summed E-state index contributed by atoms with van der Waals surface area (Å²) in [5.41, 5.74) is 0.287. The number of unbranched alkanes of at least 4 members (excludes halogenated alkanes) is 15. The van der Waals surface area contributed by atoms with E-state index in [1.165, 1.54) is 89.9 Å². The zero-order chi connectivity index (χ0) is 17.2. The van der Waals surface area contributed by atoms with Crippen LogP contribution in [0.4, 0.5) is 0 Å². The van der Waals surface area contributed by atoms with E-state index in [2.05, 4.69) is 6.92 Å². The molecule has 0 radical (unpaired) electrons. The first-order valence-corrected chi connectivity index (χ1v) is 9.99. The fraction of sp³-hybridized carbons (Fsp3) is 0.900. The van der Waals surface area contributed by atoms with Gasteiger partial charge in [0.05, 0.1) is 4.92 Å². The average molecular weight is 326 g/mol. The summed E-state index contributed by atoms with van der Waals surface area (Å²) in [6, 6.07) is 0. The molecule has 0 saturated carbocycles. The Kier molecular flexibility index (Phi) is 16.8. The lowest BCUT2D eigenvalue weighted by molar-refractivity contribution is -0.424. The molecular weight excluding hydrogens is 286 g/mol. The van der Waals surface area contributed by atoms with Gasteiger partial charge in [0.1, 0.15) is 0 Å². The van der Waals surface area contributed by atoms with Gasteiger partial charge in [0, 0.05) is 6.92 Å². The molecule has 0 bridgehead atoms. The van der Waals surface area contributed by atoms with E-state index in [0.29, 0.717) is 0 Å². The van der Waals surface area contributed by atoms with Crippen LogP contribution in [0, 0.1) is 10.1 Å². The Balaban J connectivity index is 3.11. The number of hydrogen-bond acceptors (Lipinski definition) is 2. The van der Waals surface area contributed by atoms with Crippen LogP contribution < -0.4 is 0 Å². The molecular formula is C20H39NO2. The Morgan fingerprint density at radius 2 is 1.09 bits per heavy atom. The third-order valence-electron chi connectivity index (χ3n) is 4.54. The van der Waals surface area contributed by atoms with Crippen LogP contribution in [0.2, 0.25) is 0 Å². The number of allylic oxidation sites excluding steroid dienone is 2. The average Bonchev–Trinajstić information content (AvgIpc) is 2.54. The SMILES string of the molecule is CCCCCCCCCCCCCCCCC/C=C(\C)[N+](=O)[O-]. The summed E-state index contributed by atoms with van der Waals surface area (Å²) in [4.78, 5) is 10.1. The molecule has 0 amide bonds. The molecule has 0 N–H and O–H groups in total. The molecule has 0 aliphatic carbocycles. The number of nitro groups is 1. The topological polar surface area (TPSA) is 43.1 Å². The van der Waals surface area contributed by atoms with E-state index in [0.717, 1.165) is 12.8 Å². The molecule has 23 heavy (non-hydrogen) atoms. The second-order valence-corrected chi connectivity index (χ2v) is 6.84. The van der Waals surface area contributed by atoms with Gasteiger partial charge in [-0.2, -0.15) is 0 Å². The fourth-order valence-corrected chi connectivity index (χ4v) is 2.90. The van der Waals surface area contributed by atoms with Crippen molar-refractivity contribution < 1.29 is 4.92 Å². The molecule has 0 atom stereocenters. The predicted octanol–water partition coefficient (Wildman–Crippen LogP) is 7.43. The summed E-state index contributed by atoms with van der Waals surface area (Å²) in [7, 11) is 0. The molecule has 0 rings (SSSR count). The monoisotopic (exact) mass is 325 g/mol. The van der Waals surface area contributed by atoms with Crippen LogP contribution in [0.15, 0.2) is 11.8 Å². The second kappa shape index (κ2) is 17.5. The van der Waals surface area contributed by atoms with Crippen LogP contribution in [0.1, 0.15) is 117 Å². The minimum atomic E-state index is -0.300. The Bertz CT molecular complexity index is 300. The Morgan fingerprint density at radius 1 is 0.739 bits per heavy atom. The van der Waals surface area contributed by atoms with E-state index in [-0.39, 0.29) is 10.6 Å². The van der Waals surface area contributed by atoms with Crippen LogP contribution in [-0.2, 0) is 0 Å². The predicted molar refractivity (Wildman–Crippen MR) is 100 cm³/mol. The molecule has 0 aromatic rings. The summed E-state index contributed by atoms with van der Waals surface area (Å²) in [5.74, 6) is 0. The van der Waals surface area contributed by atoms with E-state index in [1.807, 2.05) is 0 Å². The van der Waals surface area contributed by atoms with Crippen molar-refractivity contribution in [1.82, 2.24) is 0 Å². The first-order chi connectivity index (χ1) is 11.2. The fourth-order valence-electron chi connectivity index (χ4n) is 2.90. The molecule has 0 saturated heterocycles. The molecule has 0 fully saturated rings. The van der Waals surface area contributed by atoms with Crippen molar-refractivity contribution in [3.05, 3.63) is 21.9 Å². The quantitative estimate of drug-likeness (QED) is 0.158. The molecule has 0 unspecified atom stereocenters. The van der Waals surface area contributed by atoms with Gasteiger partial charge in [0.2, 0.25) is 5.70 Å². The maximum absolute atomic E-state index is 10.4. The van der Waals surface area contributed by atoms with Gasteiger partial charge in [-0.25, -0.2) is 0 Å². The van der Waals surface area contributed by atoms with Crippen LogP contribution in [0.5, 0.6) is 0 Å². The maximum Gasteiger partial charge on any atom is 0.239 e. The van der Waals surface area contributed by atoms with E-state index >= 15 is 0 Å². The van der Waals surface area contributed by atoms with Gasteiger partial charge in [0.25, 0.3) is 0 Å². The Labute approximate surface area is 144 Å². The molecule has 0 aliphatic heterocycles. The molecule has 0 spiro atoms. The van der Waals surface area contributed by atoms with Crippen molar-refractivity contribution in [2.45, 2.75) is 117 Å².